The van der Waals surface area contributed by atoms with Crippen LogP contribution in [-0.2, 0) is 9.47 Å². The predicted molar refractivity (Wildman–Crippen MR) is 55.6 cm³/mol. The molecule has 0 N–H and O–H groups in total. The first-order valence-electron chi connectivity index (χ1n) is 5.52. The predicted octanol–water partition coefficient (Wildman–Crippen LogP) is 2.44. The summed E-state index contributed by atoms with van der Waals surface area (Å²) in [7, 11) is 0. The van der Waals surface area contributed by atoms with E-state index in [0.29, 0.717) is 12.7 Å². The summed E-state index contributed by atoms with van der Waals surface area (Å²) in [5, 5.41) is 0. The Bertz CT molecular complexity index is 456. The van der Waals surface area contributed by atoms with E-state index < -0.39 is 29.0 Å². The number of hydrogen-bond acceptors (Lipinski definition) is 3. The fraction of sp³-hybridized carbons (Fsp3) is 0.417. The maximum Gasteiger partial charge on any atom is 0.341 e. The molecule has 0 aliphatic carbocycles. The fourth-order valence-corrected chi connectivity index (χ4v) is 1.71. The van der Waals surface area contributed by atoms with E-state index in [4.69, 9.17) is 9.47 Å². The van der Waals surface area contributed by atoms with Crippen molar-refractivity contribution in [2.75, 3.05) is 13.2 Å². The highest BCUT2D eigenvalue weighted by molar-refractivity contribution is 5.89. The molecule has 1 fully saturated rings. The molecule has 2 rings (SSSR count). The monoisotopic (exact) mass is 260 g/mol. The first-order chi connectivity index (χ1) is 8.59. The highest BCUT2D eigenvalue weighted by Crippen LogP contribution is 2.17. The molecule has 6 heteroatoms. The van der Waals surface area contributed by atoms with E-state index in [1.54, 1.807) is 0 Å². The van der Waals surface area contributed by atoms with Crippen LogP contribution in [0.25, 0.3) is 0 Å². The number of esters is 1. The summed E-state index contributed by atoms with van der Waals surface area (Å²) >= 11 is 0. The summed E-state index contributed by atoms with van der Waals surface area (Å²) in [6.45, 7) is 0.582. The number of carbonyl (C=O) groups excluding carboxylic acids is 1. The molecular formula is C12H11F3O3. The van der Waals surface area contributed by atoms with Gasteiger partial charge in [0.15, 0.2) is 17.5 Å². The maximum atomic E-state index is 13.3. The van der Waals surface area contributed by atoms with Gasteiger partial charge in [-0.3, -0.25) is 0 Å². The molecule has 1 heterocycles. The van der Waals surface area contributed by atoms with Gasteiger partial charge in [-0.05, 0) is 25.0 Å². The van der Waals surface area contributed by atoms with Crippen LogP contribution in [0, 0.1) is 17.5 Å². The highest BCUT2D eigenvalue weighted by atomic mass is 19.2. The van der Waals surface area contributed by atoms with E-state index in [1.807, 2.05) is 0 Å². The summed E-state index contributed by atoms with van der Waals surface area (Å²) in [5.41, 5.74) is -0.619. The second kappa shape index (κ2) is 5.39. The molecule has 0 aromatic heterocycles. The molecule has 1 unspecified atom stereocenters. The largest absolute Gasteiger partial charge is 0.459 e. The van der Waals surface area contributed by atoms with Crippen molar-refractivity contribution in [1.29, 1.82) is 0 Å². The van der Waals surface area contributed by atoms with Crippen LogP contribution in [0.15, 0.2) is 12.1 Å². The van der Waals surface area contributed by atoms with Crippen molar-refractivity contribution < 1.29 is 27.4 Å². The lowest BCUT2D eigenvalue weighted by atomic mass is 10.2. The Hall–Kier alpha value is -1.56. The van der Waals surface area contributed by atoms with Crippen LogP contribution in [0.1, 0.15) is 23.2 Å². The molecule has 1 aliphatic rings. The minimum atomic E-state index is -1.68. The average Bonchev–Trinajstić information content (AvgIpc) is 2.86. The molecule has 0 spiro atoms. The normalized spacial score (nSPS) is 18.9. The zero-order chi connectivity index (χ0) is 13.1. The Balaban J connectivity index is 2.02. The number of hydrogen-bond donors (Lipinski definition) is 0. The van der Waals surface area contributed by atoms with Gasteiger partial charge in [-0.15, -0.1) is 0 Å². The lowest BCUT2D eigenvalue weighted by Crippen LogP contribution is -2.19. The minimum Gasteiger partial charge on any atom is -0.459 e. The molecule has 0 bridgehead atoms. The van der Waals surface area contributed by atoms with Gasteiger partial charge in [0.1, 0.15) is 6.61 Å². The minimum absolute atomic E-state index is 0.0166. The van der Waals surface area contributed by atoms with Gasteiger partial charge in [0.05, 0.1) is 11.7 Å². The van der Waals surface area contributed by atoms with Crippen LogP contribution < -0.4 is 0 Å². The summed E-state index contributed by atoms with van der Waals surface area (Å²) in [5.74, 6) is -5.58. The van der Waals surface area contributed by atoms with Crippen LogP contribution in [0.2, 0.25) is 0 Å². The molecule has 18 heavy (non-hydrogen) atoms. The number of halogens is 3. The molecule has 1 aromatic rings. The summed E-state index contributed by atoms with van der Waals surface area (Å²) in [6, 6.07) is 1.53. The van der Waals surface area contributed by atoms with Gasteiger partial charge >= 0.3 is 5.97 Å². The highest BCUT2D eigenvalue weighted by Gasteiger charge is 2.22. The van der Waals surface area contributed by atoms with Crippen LogP contribution in [0.5, 0.6) is 0 Å². The Morgan fingerprint density at radius 3 is 2.78 bits per heavy atom. The number of ether oxygens (including phenoxy) is 2. The van der Waals surface area contributed by atoms with Crippen LogP contribution in [0.3, 0.4) is 0 Å². The molecular weight excluding hydrogens is 249 g/mol. The molecule has 0 amide bonds. The van der Waals surface area contributed by atoms with Crippen LogP contribution >= 0.6 is 0 Å². The van der Waals surface area contributed by atoms with Crippen molar-refractivity contribution in [2.45, 2.75) is 18.9 Å². The van der Waals surface area contributed by atoms with Gasteiger partial charge in [-0.25, -0.2) is 18.0 Å². The zero-order valence-electron chi connectivity index (χ0n) is 9.42. The summed E-state index contributed by atoms with van der Waals surface area (Å²) < 4.78 is 48.8. The Morgan fingerprint density at radius 1 is 1.33 bits per heavy atom. The lowest BCUT2D eigenvalue weighted by molar-refractivity contribution is 0.0156. The van der Waals surface area contributed by atoms with Crippen LogP contribution in [0.4, 0.5) is 13.2 Å². The topological polar surface area (TPSA) is 35.5 Å². The summed E-state index contributed by atoms with van der Waals surface area (Å²) in [6.07, 6.45) is 1.43. The number of rotatable bonds is 3. The molecule has 1 aromatic carbocycles. The average molecular weight is 260 g/mol. The second-order valence-electron chi connectivity index (χ2n) is 3.96. The van der Waals surface area contributed by atoms with Crippen molar-refractivity contribution in [3.8, 4) is 0 Å². The molecule has 1 saturated heterocycles. The third-order valence-corrected chi connectivity index (χ3v) is 2.68. The molecule has 1 aliphatic heterocycles. The smallest absolute Gasteiger partial charge is 0.341 e. The second-order valence-corrected chi connectivity index (χ2v) is 3.96. The van der Waals surface area contributed by atoms with E-state index in [0.717, 1.165) is 18.9 Å². The van der Waals surface area contributed by atoms with E-state index >= 15 is 0 Å². The van der Waals surface area contributed by atoms with E-state index in [2.05, 4.69) is 0 Å². The van der Waals surface area contributed by atoms with Gasteiger partial charge in [-0.2, -0.15) is 0 Å². The fourth-order valence-electron chi connectivity index (χ4n) is 1.71. The Labute approximate surface area is 102 Å². The summed E-state index contributed by atoms with van der Waals surface area (Å²) in [4.78, 5) is 11.5. The number of benzene rings is 1. The maximum absolute atomic E-state index is 13.3. The van der Waals surface area contributed by atoms with Crippen molar-refractivity contribution >= 4 is 5.97 Å². The SMILES string of the molecule is O=C(OCC1CCCO1)c1ccc(F)c(F)c1F. The van der Waals surface area contributed by atoms with Gasteiger partial charge < -0.3 is 9.47 Å². The zero-order valence-corrected chi connectivity index (χ0v) is 9.42. The third-order valence-electron chi connectivity index (χ3n) is 2.68. The first-order valence-corrected chi connectivity index (χ1v) is 5.52. The van der Waals surface area contributed by atoms with Crippen molar-refractivity contribution in [1.82, 2.24) is 0 Å². The van der Waals surface area contributed by atoms with E-state index in [1.165, 1.54) is 0 Å². The molecule has 0 saturated carbocycles. The van der Waals surface area contributed by atoms with Crippen LogP contribution in [-0.4, -0.2) is 25.3 Å². The van der Waals surface area contributed by atoms with E-state index in [-0.39, 0.29) is 12.7 Å². The number of carbonyl (C=O) groups is 1. The molecule has 0 radical (unpaired) electrons. The standard InChI is InChI=1S/C12H11F3O3/c13-9-4-3-8(10(14)11(9)15)12(16)18-6-7-2-1-5-17-7/h3-4,7H,1-2,5-6H2. The first kappa shape index (κ1) is 12.9. The van der Waals surface area contributed by atoms with Gasteiger partial charge in [0.2, 0.25) is 0 Å². The lowest BCUT2D eigenvalue weighted by Gasteiger charge is -2.10. The third kappa shape index (κ3) is 2.64. The van der Waals surface area contributed by atoms with Gasteiger partial charge in [0, 0.05) is 6.61 Å². The Morgan fingerprint density at radius 2 is 2.11 bits per heavy atom. The van der Waals surface area contributed by atoms with E-state index in [9.17, 15) is 18.0 Å². The molecule has 1 atom stereocenters. The quantitative estimate of drug-likeness (QED) is 0.618. The van der Waals surface area contributed by atoms with Crippen molar-refractivity contribution in [3.05, 3.63) is 35.1 Å². The van der Waals surface area contributed by atoms with Crippen molar-refractivity contribution in [2.24, 2.45) is 0 Å². The molecule has 3 nitrogen and oxygen atoms in total. The van der Waals surface area contributed by atoms with Gasteiger partial charge in [-0.1, -0.05) is 0 Å². The molecule has 98 valence electrons. The Kier molecular flexibility index (Phi) is 3.86. The van der Waals surface area contributed by atoms with Gasteiger partial charge in [0.25, 0.3) is 0 Å². The van der Waals surface area contributed by atoms with Crippen molar-refractivity contribution in [3.63, 3.8) is 0 Å².